The van der Waals surface area contributed by atoms with Crippen molar-refractivity contribution >= 4 is 11.9 Å². The summed E-state index contributed by atoms with van der Waals surface area (Å²) in [5, 5.41) is 9.31. The second-order valence-corrected chi connectivity index (χ2v) is 6.77. The maximum atomic E-state index is 12.1. The number of fused-ring (bicyclic) bond motifs is 2. The van der Waals surface area contributed by atoms with Crippen LogP contribution >= 0.6 is 0 Å². The fraction of sp³-hybridized carbons (Fsp3) is 0.857. The molecule has 2 aliphatic rings. The Balaban J connectivity index is 2.04. The van der Waals surface area contributed by atoms with Crippen molar-refractivity contribution in [1.82, 2.24) is 0 Å². The van der Waals surface area contributed by atoms with Gasteiger partial charge in [0.05, 0.1) is 11.3 Å². The molecule has 0 radical (unpaired) electrons. The minimum atomic E-state index is -0.687. The molecule has 0 heterocycles. The van der Waals surface area contributed by atoms with Gasteiger partial charge in [-0.25, -0.2) is 0 Å². The Morgan fingerprint density at radius 1 is 1.22 bits per heavy atom. The molecule has 4 heteroatoms. The Bertz CT molecular complexity index is 368. The molecule has 18 heavy (non-hydrogen) atoms. The quantitative estimate of drug-likeness (QED) is 0.769. The van der Waals surface area contributed by atoms with E-state index >= 15 is 0 Å². The molecule has 2 aliphatic carbocycles. The summed E-state index contributed by atoms with van der Waals surface area (Å²) in [6.45, 7) is 5.59. The lowest BCUT2D eigenvalue weighted by atomic mass is 9.71. The van der Waals surface area contributed by atoms with Crippen LogP contribution in [0.5, 0.6) is 0 Å². The van der Waals surface area contributed by atoms with Gasteiger partial charge in [-0.2, -0.15) is 0 Å². The Morgan fingerprint density at radius 3 is 2.39 bits per heavy atom. The van der Waals surface area contributed by atoms with Crippen LogP contribution in [0.1, 0.15) is 52.9 Å². The third kappa shape index (κ3) is 2.38. The van der Waals surface area contributed by atoms with Gasteiger partial charge < -0.3 is 9.84 Å². The summed E-state index contributed by atoms with van der Waals surface area (Å²) in [5.41, 5.74) is -1.01. The van der Waals surface area contributed by atoms with Crippen molar-refractivity contribution in [2.75, 3.05) is 0 Å². The molecule has 2 rings (SSSR count). The van der Waals surface area contributed by atoms with Crippen LogP contribution in [-0.4, -0.2) is 22.6 Å². The third-order valence-corrected chi connectivity index (χ3v) is 4.31. The molecule has 4 nitrogen and oxygen atoms in total. The number of aliphatic carboxylic acids is 1. The van der Waals surface area contributed by atoms with E-state index in [0.717, 1.165) is 6.42 Å². The molecule has 3 atom stereocenters. The Kier molecular flexibility index (Phi) is 3.16. The molecule has 0 spiro atoms. The van der Waals surface area contributed by atoms with Crippen molar-refractivity contribution in [3.05, 3.63) is 0 Å². The van der Waals surface area contributed by atoms with Gasteiger partial charge in [-0.3, -0.25) is 9.59 Å². The molecule has 0 aromatic rings. The summed E-state index contributed by atoms with van der Waals surface area (Å²) < 4.78 is 5.43. The molecule has 2 saturated carbocycles. The number of carboxylic acid groups (broad SMARTS) is 1. The highest BCUT2D eigenvalue weighted by Crippen LogP contribution is 2.54. The van der Waals surface area contributed by atoms with Crippen molar-refractivity contribution in [2.45, 2.75) is 58.5 Å². The van der Waals surface area contributed by atoms with E-state index in [4.69, 9.17) is 4.74 Å². The number of carbonyl (C=O) groups is 2. The number of carboxylic acids is 1. The van der Waals surface area contributed by atoms with Gasteiger partial charge in [0.1, 0.15) is 5.60 Å². The van der Waals surface area contributed by atoms with Gasteiger partial charge in [0.25, 0.3) is 0 Å². The smallest absolute Gasteiger partial charge is 0.309 e. The van der Waals surface area contributed by atoms with E-state index in [1.54, 1.807) is 0 Å². The first-order chi connectivity index (χ1) is 8.23. The summed E-state index contributed by atoms with van der Waals surface area (Å²) in [5.74, 6) is -0.732. The van der Waals surface area contributed by atoms with E-state index in [0.29, 0.717) is 25.7 Å². The first kappa shape index (κ1) is 13.4. The van der Waals surface area contributed by atoms with Crippen LogP contribution in [0.4, 0.5) is 0 Å². The van der Waals surface area contributed by atoms with Gasteiger partial charge >= 0.3 is 11.9 Å². The lowest BCUT2D eigenvalue weighted by Crippen LogP contribution is -2.38. The fourth-order valence-corrected chi connectivity index (χ4v) is 3.39. The number of rotatable bonds is 2. The minimum absolute atomic E-state index is 0.0980. The second-order valence-electron chi connectivity index (χ2n) is 6.77. The number of carbonyl (C=O) groups excluding carboxylic acids is 1. The van der Waals surface area contributed by atoms with Crippen LogP contribution in [0, 0.1) is 17.3 Å². The summed E-state index contributed by atoms with van der Waals surface area (Å²) in [6, 6.07) is 0. The SMILES string of the molecule is CC(C)(C)OC(=O)C1CCC2(C(=O)O)CCC1C2. The summed E-state index contributed by atoms with van der Waals surface area (Å²) >= 11 is 0. The lowest BCUT2D eigenvalue weighted by molar-refractivity contribution is -0.166. The standard InChI is InChI=1S/C14H22O4/c1-13(2,3)18-11(15)10-5-7-14(12(16)17)6-4-9(10)8-14/h9-10H,4-8H2,1-3H3,(H,16,17). The van der Waals surface area contributed by atoms with Crippen LogP contribution in [0.25, 0.3) is 0 Å². The Labute approximate surface area is 108 Å². The van der Waals surface area contributed by atoms with Gasteiger partial charge in [-0.05, 0) is 58.8 Å². The Morgan fingerprint density at radius 2 is 1.83 bits per heavy atom. The zero-order valence-corrected chi connectivity index (χ0v) is 11.4. The predicted octanol–water partition coefficient (Wildman–Crippen LogP) is 2.61. The zero-order chi connectivity index (χ0) is 13.6. The zero-order valence-electron chi connectivity index (χ0n) is 11.4. The molecule has 0 amide bonds. The molecule has 102 valence electrons. The van der Waals surface area contributed by atoms with Crippen molar-refractivity contribution < 1.29 is 19.4 Å². The van der Waals surface area contributed by atoms with E-state index in [9.17, 15) is 14.7 Å². The van der Waals surface area contributed by atoms with Gasteiger partial charge in [-0.1, -0.05) is 0 Å². The van der Waals surface area contributed by atoms with Gasteiger partial charge in [0.2, 0.25) is 0 Å². The molecular formula is C14H22O4. The van der Waals surface area contributed by atoms with Crippen LogP contribution in [-0.2, 0) is 14.3 Å². The van der Waals surface area contributed by atoms with E-state index in [2.05, 4.69) is 0 Å². The molecule has 0 aliphatic heterocycles. The predicted molar refractivity (Wildman–Crippen MR) is 66.0 cm³/mol. The molecule has 0 aromatic heterocycles. The number of hydrogen-bond donors (Lipinski definition) is 1. The molecule has 2 fully saturated rings. The second kappa shape index (κ2) is 4.25. The maximum absolute atomic E-state index is 12.1. The van der Waals surface area contributed by atoms with Crippen molar-refractivity contribution in [3.8, 4) is 0 Å². The van der Waals surface area contributed by atoms with Gasteiger partial charge in [-0.15, -0.1) is 0 Å². The third-order valence-electron chi connectivity index (χ3n) is 4.31. The van der Waals surface area contributed by atoms with Crippen LogP contribution in [0.2, 0.25) is 0 Å². The fourth-order valence-electron chi connectivity index (χ4n) is 3.39. The van der Waals surface area contributed by atoms with Crippen molar-refractivity contribution in [3.63, 3.8) is 0 Å². The normalized spacial score (nSPS) is 35.3. The highest BCUT2D eigenvalue weighted by molar-refractivity contribution is 5.78. The van der Waals surface area contributed by atoms with Gasteiger partial charge in [0, 0.05) is 0 Å². The van der Waals surface area contributed by atoms with Crippen molar-refractivity contribution in [2.24, 2.45) is 17.3 Å². The van der Waals surface area contributed by atoms with Crippen LogP contribution in [0.15, 0.2) is 0 Å². The number of ether oxygens (including phenoxy) is 1. The van der Waals surface area contributed by atoms with Gasteiger partial charge in [0.15, 0.2) is 0 Å². The first-order valence-electron chi connectivity index (χ1n) is 6.70. The molecule has 0 saturated heterocycles. The molecule has 3 unspecified atom stereocenters. The van der Waals surface area contributed by atoms with E-state index < -0.39 is 17.0 Å². The van der Waals surface area contributed by atoms with Crippen molar-refractivity contribution in [1.29, 1.82) is 0 Å². The van der Waals surface area contributed by atoms with Crippen LogP contribution < -0.4 is 0 Å². The summed E-state index contributed by atoms with van der Waals surface area (Å²) in [4.78, 5) is 23.4. The highest BCUT2D eigenvalue weighted by Gasteiger charge is 2.53. The van der Waals surface area contributed by atoms with E-state index in [-0.39, 0.29) is 17.8 Å². The number of esters is 1. The average Bonchev–Trinajstić information content (AvgIpc) is 2.55. The summed E-state index contributed by atoms with van der Waals surface area (Å²) in [6.07, 6.45) is 3.48. The topological polar surface area (TPSA) is 63.6 Å². The maximum Gasteiger partial charge on any atom is 0.309 e. The highest BCUT2D eigenvalue weighted by atomic mass is 16.6. The largest absolute Gasteiger partial charge is 0.481 e. The minimum Gasteiger partial charge on any atom is -0.481 e. The van der Waals surface area contributed by atoms with Crippen LogP contribution in [0.3, 0.4) is 0 Å². The monoisotopic (exact) mass is 254 g/mol. The molecule has 0 aromatic carbocycles. The first-order valence-corrected chi connectivity index (χ1v) is 6.70. The molecular weight excluding hydrogens is 232 g/mol. The molecule has 2 bridgehead atoms. The molecule has 1 N–H and O–H groups in total. The average molecular weight is 254 g/mol. The number of hydrogen-bond acceptors (Lipinski definition) is 3. The summed E-state index contributed by atoms with van der Waals surface area (Å²) in [7, 11) is 0. The lowest BCUT2D eigenvalue weighted by Gasteiger charge is -2.34. The van der Waals surface area contributed by atoms with E-state index in [1.165, 1.54) is 0 Å². The van der Waals surface area contributed by atoms with E-state index in [1.807, 2.05) is 20.8 Å². The Hall–Kier alpha value is -1.06.